The number of ether oxygens (including phenoxy) is 3. The van der Waals surface area contributed by atoms with Crippen LogP contribution in [0, 0.1) is 5.92 Å². The highest BCUT2D eigenvalue weighted by Crippen LogP contribution is 2.50. The van der Waals surface area contributed by atoms with Gasteiger partial charge in [-0.2, -0.15) is 0 Å². The molecule has 0 bridgehead atoms. The highest BCUT2D eigenvalue weighted by Gasteiger charge is 2.30. The summed E-state index contributed by atoms with van der Waals surface area (Å²) in [7, 11) is 4.60. The summed E-state index contributed by atoms with van der Waals surface area (Å²) in [5.74, 6) is -0.323. The van der Waals surface area contributed by atoms with Gasteiger partial charge in [0.2, 0.25) is 23.0 Å². The Labute approximate surface area is 239 Å². The van der Waals surface area contributed by atoms with E-state index in [4.69, 9.17) is 19.3 Å². The van der Waals surface area contributed by atoms with Crippen molar-refractivity contribution in [1.82, 2.24) is 10.6 Å². The maximum Gasteiger partial charge on any atom is 0.303 e. The number of aryl methyl sites for hydroxylation is 1. The third-order valence-electron chi connectivity index (χ3n) is 7.04. The molecule has 11 nitrogen and oxygen atoms in total. The number of aliphatic carboxylic acids is 1. The van der Waals surface area contributed by atoms with Gasteiger partial charge in [-0.25, -0.2) is 0 Å². The number of rotatable bonds is 12. The number of hydrogen-bond acceptors (Lipinski definition) is 8. The number of fused-ring (bicyclic) bond motifs is 3. The number of amides is 2. The summed E-state index contributed by atoms with van der Waals surface area (Å²) in [6.45, 7) is 5.34. The largest absolute Gasteiger partial charge is 0.493 e. The summed E-state index contributed by atoms with van der Waals surface area (Å²) < 4.78 is 17.0. The maximum absolute atomic E-state index is 13.6. The van der Waals surface area contributed by atoms with Gasteiger partial charge in [0.25, 0.3) is 0 Å². The first-order chi connectivity index (χ1) is 19.5. The molecule has 2 aromatic rings. The second-order valence-electron chi connectivity index (χ2n) is 10.3. The van der Waals surface area contributed by atoms with Gasteiger partial charge in [-0.05, 0) is 60.1 Å². The molecule has 41 heavy (non-hydrogen) atoms. The molecule has 3 rings (SSSR count). The number of anilines is 1. The summed E-state index contributed by atoms with van der Waals surface area (Å²) in [5, 5.41) is 17.7. The van der Waals surface area contributed by atoms with E-state index in [1.54, 1.807) is 19.2 Å². The van der Waals surface area contributed by atoms with Crippen molar-refractivity contribution in [3.8, 4) is 28.4 Å². The molecular weight excluding hydrogens is 530 g/mol. The normalized spacial score (nSPS) is 14.6. The first-order valence-electron chi connectivity index (χ1n) is 13.6. The number of carbonyl (C=O) groups excluding carboxylic acids is 2. The van der Waals surface area contributed by atoms with Gasteiger partial charge in [0.05, 0.1) is 33.1 Å². The van der Waals surface area contributed by atoms with Gasteiger partial charge in [-0.1, -0.05) is 19.9 Å². The van der Waals surface area contributed by atoms with Crippen LogP contribution in [0.1, 0.15) is 57.2 Å². The van der Waals surface area contributed by atoms with Gasteiger partial charge in [0.15, 0.2) is 11.5 Å². The predicted octanol–water partition coefficient (Wildman–Crippen LogP) is 3.28. The van der Waals surface area contributed by atoms with Crippen LogP contribution >= 0.6 is 0 Å². The van der Waals surface area contributed by atoms with Crippen LogP contribution < -0.4 is 35.6 Å². The van der Waals surface area contributed by atoms with Gasteiger partial charge in [-0.15, -0.1) is 0 Å². The second-order valence-corrected chi connectivity index (χ2v) is 10.3. The van der Waals surface area contributed by atoms with Gasteiger partial charge in [0, 0.05) is 25.5 Å². The lowest BCUT2D eigenvalue weighted by atomic mass is 9.95. The Hall–Kier alpha value is -4.28. The van der Waals surface area contributed by atoms with Crippen LogP contribution in [0.2, 0.25) is 0 Å². The molecule has 0 saturated heterocycles. The standard InChI is InChI=1S/C30H39N3O8/c1-16(2)27(30(38)31-13-7-8-25(36)37)33-22-12-10-19-20(15-23(22)35)21(32-17(3)34)11-9-18-14-24(39-4)28(40-5)29(41-6)26(18)19/h10,12,14-16,21,27H,7-9,11,13H2,1-6H3,(H,31,38)(H,32,34)(H,33,35)(H,36,37)/t21-,27-/m0/s1. The number of benzene rings is 1. The highest BCUT2D eigenvalue weighted by molar-refractivity contribution is 5.86. The number of nitrogens with one attached hydrogen (secondary N) is 3. The van der Waals surface area contributed by atoms with E-state index in [1.807, 2.05) is 19.9 Å². The summed E-state index contributed by atoms with van der Waals surface area (Å²) in [6, 6.07) is 5.59. The van der Waals surface area contributed by atoms with E-state index in [1.165, 1.54) is 27.2 Å². The summed E-state index contributed by atoms with van der Waals surface area (Å²) in [6.07, 6.45) is 1.34. The van der Waals surface area contributed by atoms with Crippen molar-refractivity contribution in [2.24, 2.45) is 5.92 Å². The van der Waals surface area contributed by atoms with E-state index in [0.717, 1.165) is 11.1 Å². The number of carboxylic acids is 1. The Morgan fingerprint density at radius 2 is 1.76 bits per heavy atom. The van der Waals surface area contributed by atoms with E-state index < -0.39 is 18.1 Å². The van der Waals surface area contributed by atoms with Crippen molar-refractivity contribution in [1.29, 1.82) is 0 Å². The minimum atomic E-state index is -0.933. The van der Waals surface area contributed by atoms with Gasteiger partial charge >= 0.3 is 5.97 Å². The zero-order valence-electron chi connectivity index (χ0n) is 24.4. The Morgan fingerprint density at radius 3 is 2.34 bits per heavy atom. The van der Waals surface area contributed by atoms with Crippen LogP contribution in [0.3, 0.4) is 0 Å². The molecule has 0 aliphatic heterocycles. The molecule has 2 amide bonds. The van der Waals surface area contributed by atoms with E-state index in [2.05, 4.69) is 16.0 Å². The number of carboxylic acid groups (broad SMARTS) is 1. The Kier molecular flexibility index (Phi) is 10.6. The zero-order chi connectivity index (χ0) is 30.3. The minimum Gasteiger partial charge on any atom is -0.493 e. The molecule has 11 heteroatoms. The number of hydrogen-bond donors (Lipinski definition) is 4. The lowest BCUT2D eigenvalue weighted by molar-refractivity contribution is -0.137. The van der Waals surface area contributed by atoms with Crippen LogP contribution in [0.4, 0.5) is 5.69 Å². The molecule has 2 aromatic carbocycles. The van der Waals surface area contributed by atoms with Crippen molar-refractivity contribution < 1.29 is 33.7 Å². The van der Waals surface area contributed by atoms with Crippen molar-refractivity contribution in [2.45, 2.75) is 58.5 Å². The van der Waals surface area contributed by atoms with Crippen LogP contribution in [-0.2, 0) is 20.8 Å². The number of methoxy groups -OCH3 is 3. The average Bonchev–Trinajstić information content (AvgIpc) is 3.16. The fraction of sp³-hybridized carbons (Fsp3) is 0.467. The molecule has 0 spiro atoms. The van der Waals surface area contributed by atoms with E-state index in [0.29, 0.717) is 47.6 Å². The molecule has 1 aliphatic rings. The topological polar surface area (TPSA) is 152 Å². The Morgan fingerprint density at radius 1 is 1.05 bits per heavy atom. The monoisotopic (exact) mass is 569 g/mol. The predicted molar refractivity (Wildman–Crippen MR) is 155 cm³/mol. The van der Waals surface area contributed by atoms with Crippen LogP contribution in [-0.4, -0.2) is 56.8 Å². The first-order valence-corrected chi connectivity index (χ1v) is 13.6. The molecule has 222 valence electrons. The molecule has 1 aliphatic carbocycles. The van der Waals surface area contributed by atoms with Gasteiger partial charge < -0.3 is 35.3 Å². The third kappa shape index (κ3) is 7.27. The molecular formula is C30H39N3O8. The highest BCUT2D eigenvalue weighted by atomic mass is 16.5. The van der Waals surface area contributed by atoms with Crippen molar-refractivity contribution >= 4 is 23.5 Å². The maximum atomic E-state index is 13.6. The summed E-state index contributed by atoms with van der Waals surface area (Å²) >= 11 is 0. The molecule has 0 unspecified atom stereocenters. The fourth-order valence-corrected chi connectivity index (χ4v) is 5.09. The van der Waals surface area contributed by atoms with Crippen molar-refractivity contribution in [3.05, 3.63) is 45.6 Å². The van der Waals surface area contributed by atoms with E-state index in [-0.39, 0.29) is 41.8 Å². The molecule has 2 atom stereocenters. The van der Waals surface area contributed by atoms with E-state index >= 15 is 0 Å². The molecule has 0 radical (unpaired) electrons. The molecule has 0 heterocycles. The van der Waals surface area contributed by atoms with Crippen molar-refractivity contribution in [3.63, 3.8) is 0 Å². The second kappa shape index (κ2) is 13.9. The lowest BCUT2D eigenvalue weighted by Crippen LogP contribution is -2.44. The fourth-order valence-electron chi connectivity index (χ4n) is 5.09. The van der Waals surface area contributed by atoms with Gasteiger partial charge in [0.1, 0.15) is 6.04 Å². The smallest absolute Gasteiger partial charge is 0.303 e. The summed E-state index contributed by atoms with van der Waals surface area (Å²) in [5.41, 5.74) is 2.78. The van der Waals surface area contributed by atoms with Crippen molar-refractivity contribution in [2.75, 3.05) is 33.2 Å². The van der Waals surface area contributed by atoms with E-state index in [9.17, 15) is 19.2 Å². The van der Waals surface area contributed by atoms with Crippen LogP contribution in [0.25, 0.3) is 11.1 Å². The van der Waals surface area contributed by atoms with Gasteiger partial charge in [-0.3, -0.25) is 19.2 Å². The lowest BCUT2D eigenvalue weighted by Gasteiger charge is -2.22. The molecule has 0 fully saturated rings. The summed E-state index contributed by atoms with van der Waals surface area (Å²) in [4.78, 5) is 49.5. The minimum absolute atomic E-state index is 0.0537. The SMILES string of the molecule is COc1cc2c(c(OC)c1OC)-c1ccc(N[C@H](C(=O)NCCCC(=O)O)C(C)C)c(=O)cc1[C@@H](NC(C)=O)CC2. The van der Waals surface area contributed by atoms with Crippen LogP contribution in [0.5, 0.6) is 17.2 Å². The molecule has 0 aromatic heterocycles. The Balaban J connectivity index is 2.14. The quantitative estimate of drug-likeness (QED) is 0.282. The Bertz CT molecular complexity index is 1360. The third-order valence-corrected chi connectivity index (χ3v) is 7.04. The molecule has 4 N–H and O–H groups in total. The molecule has 0 saturated carbocycles. The number of carbonyl (C=O) groups is 3. The van der Waals surface area contributed by atoms with Crippen LogP contribution in [0.15, 0.2) is 29.1 Å². The zero-order valence-corrected chi connectivity index (χ0v) is 24.4. The first kappa shape index (κ1) is 31.3. The average molecular weight is 570 g/mol.